The van der Waals surface area contributed by atoms with E-state index in [1.165, 1.54) is 5.56 Å². The summed E-state index contributed by atoms with van der Waals surface area (Å²) in [5.74, 6) is 1.17. The van der Waals surface area contributed by atoms with Crippen molar-refractivity contribution >= 4 is 40.2 Å². The first-order chi connectivity index (χ1) is 14.6. The number of carbonyl (C=O) groups is 1. The Morgan fingerprint density at radius 1 is 1.13 bits per heavy atom. The lowest BCUT2D eigenvalue weighted by atomic mass is 10.0. The van der Waals surface area contributed by atoms with E-state index in [0.29, 0.717) is 17.3 Å². The molecular formula is C23H21N5O2. The number of imidazole rings is 1. The van der Waals surface area contributed by atoms with Crippen LogP contribution in [-0.2, 0) is 4.79 Å². The third-order valence-electron chi connectivity index (χ3n) is 5.32. The Labute approximate surface area is 173 Å². The molecule has 2 aromatic heterocycles. The molecule has 0 aliphatic carbocycles. The number of hydrogen-bond acceptors (Lipinski definition) is 4. The van der Waals surface area contributed by atoms with E-state index in [1.54, 1.807) is 19.4 Å². The SMILES string of the molecule is COc1cc[nH]c1C=C1C(=O)Nc2ccc3[nH]c(NC(C)c4ccccc4)nc3c21. The molecule has 0 fully saturated rings. The van der Waals surface area contributed by atoms with Crippen LogP contribution in [0.1, 0.15) is 29.8 Å². The molecule has 0 saturated carbocycles. The van der Waals surface area contributed by atoms with Gasteiger partial charge in [-0.25, -0.2) is 4.98 Å². The van der Waals surface area contributed by atoms with Gasteiger partial charge in [0.2, 0.25) is 5.95 Å². The minimum absolute atomic E-state index is 0.0813. The fourth-order valence-corrected chi connectivity index (χ4v) is 3.79. The molecule has 1 aliphatic rings. The van der Waals surface area contributed by atoms with E-state index in [0.717, 1.165) is 28.0 Å². The Morgan fingerprint density at radius 2 is 1.97 bits per heavy atom. The van der Waals surface area contributed by atoms with Crippen molar-refractivity contribution in [3.63, 3.8) is 0 Å². The molecule has 3 heterocycles. The molecule has 0 bridgehead atoms. The number of nitrogens with one attached hydrogen (secondary N) is 4. The zero-order chi connectivity index (χ0) is 20.7. The van der Waals surface area contributed by atoms with Crippen LogP contribution >= 0.6 is 0 Å². The molecule has 1 unspecified atom stereocenters. The summed E-state index contributed by atoms with van der Waals surface area (Å²) < 4.78 is 5.36. The second-order valence-corrected chi connectivity index (χ2v) is 7.22. The van der Waals surface area contributed by atoms with Gasteiger partial charge in [-0.3, -0.25) is 4.79 Å². The van der Waals surface area contributed by atoms with Crippen molar-refractivity contribution in [1.82, 2.24) is 15.0 Å². The summed E-state index contributed by atoms with van der Waals surface area (Å²) >= 11 is 0. The summed E-state index contributed by atoms with van der Waals surface area (Å²) in [5, 5.41) is 6.34. The summed E-state index contributed by atoms with van der Waals surface area (Å²) in [7, 11) is 1.60. The van der Waals surface area contributed by atoms with Crippen LogP contribution in [0.4, 0.5) is 11.6 Å². The number of carbonyl (C=O) groups excluding carboxylic acids is 1. The van der Waals surface area contributed by atoms with Crippen LogP contribution in [0, 0.1) is 0 Å². The second-order valence-electron chi connectivity index (χ2n) is 7.22. The van der Waals surface area contributed by atoms with Gasteiger partial charge in [0.05, 0.1) is 35.6 Å². The van der Waals surface area contributed by atoms with Gasteiger partial charge in [-0.15, -0.1) is 0 Å². The third kappa shape index (κ3) is 3.00. The van der Waals surface area contributed by atoms with Gasteiger partial charge >= 0.3 is 0 Å². The van der Waals surface area contributed by atoms with E-state index >= 15 is 0 Å². The highest BCUT2D eigenvalue weighted by molar-refractivity contribution is 6.37. The van der Waals surface area contributed by atoms with Crippen molar-refractivity contribution in [1.29, 1.82) is 0 Å². The molecule has 7 heteroatoms. The minimum atomic E-state index is -0.163. The maximum atomic E-state index is 12.7. The van der Waals surface area contributed by atoms with Crippen molar-refractivity contribution in [2.45, 2.75) is 13.0 Å². The van der Waals surface area contributed by atoms with Gasteiger partial charge in [0.15, 0.2) is 0 Å². The average Bonchev–Trinajstić information content (AvgIpc) is 3.45. The maximum absolute atomic E-state index is 12.7. The van der Waals surface area contributed by atoms with Crippen LogP contribution in [0.25, 0.3) is 22.7 Å². The number of nitrogens with zero attached hydrogens (tertiary/aromatic N) is 1. The van der Waals surface area contributed by atoms with Crippen LogP contribution in [0.3, 0.4) is 0 Å². The number of fused-ring (bicyclic) bond motifs is 3. The fraction of sp³-hybridized carbons (Fsp3) is 0.130. The molecule has 150 valence electrons. The zero-order valence-electron chi connectivity index (χ0n) is 16.6. The molecule has 30 heavy (non-hydrogen) atoms. The molecule has 4 aromatic rings. The molecule has 1 aliphatic heterocycles. The van der Waals surface area contributed by atoms with Crippen molar-refractivity contribution < 1.29 is 9.53 Å². The lowest BCUT2D eigenvalue weighted by Gasteiger charge is -2.12. The Hall–Kier alpha value is -4.00. The standard InChI is InChI=1S/C23H21N5O2/c1-13(14-6-4-3-5-7-14)25-23-27-17-9-8-16-20(21(17)28-23)15(22(29)26-16)12-18-19(30-2)10-11-24-18/h3-13,24H,1-2H3,(H,26,29)(H2,25,27,28). The Kier molecular flexibility index (Phi) is 4.28. The number of hydrogen-bond donors (Lipinski definition) is 4. The van der Waals surface area contributed by atoms with Crippen LogP contribution in [0.5, 0.6) is 5.75 Å². The van der Waals surface area contributed by atoms with E-state index in [4.69, 9.17) is 9.72 Å². The number of anilines is 2. The minimum Gasteiger partial charge on any atom is -0.495 e. The highest BCUT2D eigenvalue weighted by Crippen LogP contribution is 2.39. The number of benzene rings is 2. The van der Waals surface area contributed by atoms with E-state index in [9.17, 15) is 4.79 Å². The van der Waals surface area contributed by atoms with E-state index in [2.05, 4.69) is 39.7 Å². The quantitative estimate of drug-likeness (QED) is 0.370. The predicted molar refractivity (Wildman–Crippen MR) is 118 cm³/mol. The molecule has 5 rings (SSSR count). The first kappa shape index (κ1) is 18.1. The Balaban J connectivity index is 1.55. The monoisotopic (exact) mass is 399 g/mol. The van der Waals surface area contributed by atoms with Crippen molar-refractivity contribution in [2.75, 3.05) is 17.7 Å². The van der Waals surface area contributed by atoms with E-state index < -0.39 is 0 Å². The number of ether oxygens (including phenoxy) is 1. The average molecular weight is 399 g/mol. The summed E-state index contributed by atoms with van der Waals surface area (Å²) in [6.45, 7) is 2.08. The largest absolute Gasteiger partial charge is 0.495 e. The Morgan fingerprint density at radius 3 is 2.77 bits per heavy atom. The second kappa shape index (κ2) is 7.11. The number of aromatic amines is 2. The molecule has 0 saturated heterocycles. The molecule has 0 radical (unpaired) electrons. The number of methoxy groups -OCH3 is 1. The van der Waals surface area contributed by atoms with Gasteiger partial charge in [-0.2, -0.15) is 0 Å². The van der Waals surface area contributed by atoms with Crippen LogP contribution in [0.2, 0.25) is 0 Å². The molecule has 0 spiro atoms. The summed E-state index contributed by atoms with van der Waals surface area (Å²) in [4.78, 5) is 23.9. The van der Waals surface area contributed by atoms with Crippen LogP contribution in [-0.4, -0.2) is 28.0 Å². The molecular weight excluding hydrogens is 378 g/mol. The highest BCUT2D eigenvalue weighted by atomic mass is 16.5. The predicted octanol–water partition coefficient (Wildman–Crippen LogP) is 4.57. The number of H-pyrrole nitrogens is 2. The van der Waals surface area contributed by atoms with Crippen molar-refractivity contribution in [3.8, 4) is 5.75 Å². The third-order valence-corrected chi connectivity index (χ3v) is 5.32. The first-order valence-corrected chi connectivity index (χ1v) is 9.73. The molecule has 7 nitrogen and oxygen atoms in total. The smallest absolute Gasteiger partial charge is 0.256 e. The van der Waals surface area contributed by atoms with Crippen LogP contribution in [0.15, 0.2) is 54.7 Å². The number of amides is 1. The molecule has 4 N–H and O–H groups in total. The van der Waals surface area contributed by atoms with Gasteiger partial charge in [0, 0.05) is 11.8 Å². The van der Waals surface area contributed by atoms with E-state index in [-0.39, 0.29) is 11.9 Å². The number of rotatable bonds is 5. The van der Waals surface area contributed by atoms with Gasteiger partial charge in [-0.1, -0.05) is 30.3 Å². The Bertz CT molecular complexity index is 1270. The van der Waals surface area contributed by atoms with Gasteiger partial charge in [0.25, 0.3) is 5.91 Å². The lowest BCUT2D eigenvalue weighted by Crippen LogP contribution is -2.07. The fourth-order valence-electron chi connectivity index (χ4n) is 3.79. The highest BCUT2D eigenvalue weighted by Gasteiger charge is 2.28. The van der Waals surface area contributed by atoms with Gasteiger partial charge < -0.3 is 25.3 Å². The maximum Gasteiger partial charge on any atom is 0.256 e. The van der Waals surface area contributed by atoms with E-state index in [1.807, 2.05) is 36.4 Å². The molecule has 2 aromatic carbocycles. The van der Waals surface area contributed by atoms with Gasteiger partial charge in [0.1, 0.15) is 11.3 Å². The topological polar surface area (TPSA) is 94.8 Å². The number of aromatic nitrogens is 3. The molecule has 1 amide bonds. The molecule has 1 atom stereocenters. The lowest BCUT2D eigenvalue weighted by molar-refractivity contribution is -0.110. The summed E-state index contributed by atoms with van der Waals surface area (Å²) in [6.07, 6.45) is 3.58. The normalized spacial score (nSPS) is 15.3. The van der Waals surface area contributed by atoms with Gasteiger partial charge in [-0.05, 0) is 36.8 Å². The summed E-state index contributed by atoms with van der Waals surface area (Å²) in [5.41, 5.74) is 5.58. The zero-order valence-corrected chi connectivity index (χ0v) is 16.6. The van der Waals surface area contributed by atoms with Crippen molar-refractivity contribution in [3.05, 3.63) is 71.5 Å². The van der Waals surface area contributed by atoms with Crippen molar-refractivity contribution in [2.24, 2.45) is 0 Å². The van der Waals surface area contributed by atoms with Crippen LogP contribution < -0.4 is 15.4 Å². The summed E-state index contributed by atoms with van der Waals surface area (Å²) in [6, 6.07) is 15.9. The first-order valence-electron chi connectivity index (χ1n) is 9.73.